The molecule has 13 heavy (non-hydrogen) atoms. The average Bonchev–Trinajstić information content (AvgIpc) is 2.04. The number of aliphatic hydroxyl groups is 1. The van der Waals surface area contributed by atoms with Crippen LogP contribution in [0.25, 0.3) is 0 Å². The maximum atomic E-state index is 12.2. The van der Waals surface area contributed by atoms with E-state index >= 15 is 0 Å². The van der Waals surface area contributed by atoms with Crippen LogP contribution in [0.15, 0.2) is 6.20 Å². The first kappa shape index (κ1) is 10.1. The molecule has 3 nitrogen and oxygen atoms in total. The summed E-state index contributed by atoms with van der Waals surface area (Å²) in [5, 5.41) is 17.3. The van der Waals surface area contributed by atoms with Crippen LogP contribution >= 0.6 is 11.6 Å². The fraction of sp³-hybridized carbons (Fsp3) is 0.286. The quantitative estimate of drug-likeness (QED) is 0.782. The Balaban J connectivity index is 3.27. The number of rotatable bonds is 2. The number of alkyl halides is 2. The average molecular weight is 210 g/mol. The number of halogens is 3. The van der Waals surface area contributed by atoms with Gasteiger partial charge in [0.1, 0.15) is 11.4 Å². The highest BCUT2D eigenvalue weighted by Gasteiger charge is 2.18. The second-order valence-electron chi connectivity index (χ2n) is 2.28. The fourth-order valence-corrected chi connectivity index (χ4v) is 1.12. The third-order valence-corrected chi connectivity index (χ3v) is 1.91. The van der Waals surface area contributed by atoms with Crippen LogP contribution in [0.2, 0.25) is 5.02 Å². The van der Waals surface area contributed by atoms with Gasteiger partial charge in [0.15, 0.2) is 0 Å². The molecule has 0 radical (unpaired) electrons. The molecule has 0 unspecified atom stereocenters. The summed E-state index contributed by atoms with van der Waals surface area (Å²) in [4.78, 5) is 3.24. The van der Waals surface area contributed by atoms with Crippen LogP contribution in [0.5, 0.6) is 5.75 Å². The summed E-state index contributed by atoms with van der Waals surface area (Å²) < 4.78 is 24.3. The normalized spacial score (nSPS) is 10.8. The van der Waals surface area contributed by atoms with E-state index in [0.29, 0.717) is 0 Å². The second kappa shape index (κ2) is 3.85. The maximum absolute atomic E-state index is 12.2. The molecule has 0 aliphatic rings. The van der Waals surface area contributed by atoms with Crippen molar-refractivity contribution in [1.82, 2.24) is 4.98 Å². The number of aromatic nitrogens is 1. The Bertz CT molecular complexity index is 320. The highest BCUT2D eigenvalue weighted by atomic mass is 35.5. The van der Waals surface area contributed by atoms with Gasteiger partial charge in [0.05, 0.1) is 17.8 Å². The van der Waals surface area contributed by atoms with Gasteiger partial charge in [-0.25, -0.2) is 13.8 Å². The van der Waals surface area contributed by atoms with Crippen molar-refractivity contribution in [2.24, 2.45) is 0 Å². The van der Waals surface area contributed by atoms with Crippen LogP contribution in [0, 0.1) is 0 Å². The zero-order valence-corrected chi connectivity index (χ0v) is 7.09. The molecule has 0 fully saturated rings. The summed E-state index contributed by atoms with van der Waals surface area (Å²) in [6.45, 7) is -0.604. The number of nitrogens with zero attached hydrogens (tertiary/aromatic N) is 1. The first-order valence-corrected chi connectivity index (χ1v) is 3.71. The van der Waals surface area contributed by atoms with E-state index in [1.54, 1.807) is 0 Å². The maximum Gasteiger partial charge on any atom is 0.281 e. The van der Waals surface area contributed by atoms with Gasteiger partial charge in [-0.2, -0.15) is 0 Å². The zero-order valence-electron chi connectivity index (χ0n) is 6.34. The van der Waals surface area contributed by atoms with E-state index in [1.165, 1.54) is 0 Å². The predicted octanol–water partition coefficient (Wildman–Crippen LogP) is 1.87. The van der Waals surface area contributed by atoms with E-state index in [0.717, 1.165) is 6.20 Å². The monoisotopic (exact) mass is 209 g/mol. The van der Waals surface area contributed by atoms with Gasteiger partial charge in [-0.15, -0.1) is 0 Å². The van der Waals surface area contributed by atoms with Gasteiger partial charge in [0.25, 0.3) is 6.43 Å². The molecule has 2 N–H and O–H groups in total. The van der Waals surface area contributed by atoms with Crippen LogP contribution in [0.3, 0.4) is 0 Å². The zero-order chi connectivity index (χ0) is 10.0. The molecular formula is C7H6ClF2NO2. The lowest BCUT2D eigenvalue weighted by Gasteiger charge is -2.07. The molecule has 72 valence electrons. The molecule has 0 saturated heterocycles. The molecule has 0 spiro atoms. The topological polar surface area (TPSA) is 53.4 Å². The molecule has 0 aromatic carbocycles. The third kappa shape index (κ3) is 1.87. The largest absolute Gasteiger partial charge is 0.506 e. The molecule has 1 aromatic heterocycles. The minimum absolute atomic E-state index is 0.132. The molecule has 1 rings (SSSR count). The minimum atomic E-state index is -2.82. The molecule has 0 aliphatic heterocycles. The van der Waals surface area contributed by atoms with Gasteiger partial charge in [0, 0.05) is 5.56 Å². The molecule has 0 bridgehead atoms. The number of pyridine rings is 1. The van der Waals surface area contributed by atoms with Crippen LogP contribution in [-0.2, 0) is 6.61 Å². The molecule has 0 atom stereocenters. The second-order valence-corrected chi connectivity index (χ2v) is 2.66. The lowest BCUT2D eigenvalue weighted by atomic mass is 10.2. The summed E-state index contributed by atoms with van der Waals surface area (Å²) in [6, 6.07) is 0. The predicted molar refractivity (Wildman–Crippen MR) is 41.8 cm³/mol. The summed E-state index contributed by atoms with van der Waals surface area (Å²) in [5.41, 5.74) is -0.768. The van der Waals surface area contributed by atoms with Crippen LogP contribution in [0.1, 0.15) is 17.7 Å². The highest BCUT2D eigenvalue weighted by molar-refractivity contribution is 6.32. The van der Waals surface area contributed by atoms with Crippen LogP contribution < -0.4 is 0 Å². The van der Waals surface area contributed by atoms with Crippen molar-refractivity contribution in [2.45, 2.75) is 13.0 Å². The molecule has 0 aliphatic carbocycles. The van der Waals surface area contributed by atoms with E-state index in [1.807, 2.05) is 0 Å². The summed E-state index contributed by atoms with van der Waals surface area (Å²) in [7, 11) is 0. The van der Waals surface area contributed by atoms with E-state index in [9.17, 15) is 8.78 Å². The first-order valence-electron chi connectivity index (χ1n) is 3.33. The van der Waals surface area contributed by atoms with Crippen molar-refractivity contribution >= 4 is 11.6 Å². The summed E-state index contributed by atoms with van der Waals surface area (Å²) in [5.74, 6) is -0.392. The SMILES string of the molecule is OCc1c(O)cnc(C(F)F)c1Cl. The van der Waals surface area contributed by atoms with Crippen molar-refractivity contribution in [2.75, 3.05) is 0 Å². The summed E-state index contributed by atoms with van der Waals surface area (Å²) in [6.07, 6.45) is -1.99. The Labute approximate surface area is 77.6 Å². The minimum Gasteiger partial charge on any atom is -0.506 e. The van der Waals surface area contributed by atoms with Crippen molar-refractivity contribution < 1.29 is 19.0 Å². The van der Waals surface area contributed by atoms with E-state index < -0.39 is 29.5 Å². The smallest absolute Gasteiger partial charge is 0.281 e. The van der Waals surface area contributed by atoms with Gasteiger partial charge in [-0.1, -0.05) is 11.6 Å². The van der Waals surface area contributed by atoms with Crippen molar-refractivity contribution in [1.29, 1.82) is 0 Å². The van der Waals surface area contributed by atoms with Gasteiger partial charge >= 0.3 is 0 Å². The Morgan fingerprint density at radius 1 is 1.54 bits per heavy atom. The molecule has 0 saturated carbocycles. The number of aliphatic hydroxyl groups excluding tert-OH is 1. The van der Waals surface area contributed by atoms with Crippen molar-refractivity contribution in [3.05, 3.63) is 22.5 Å². The lowest BCUT2D eigenvalue weighted by Crippen LogP contribution is -1.96. The summed E-state index contributed by atoms with van der Waals surface area (Å²) >= 11 is 5.45. The molecular weight excluding hydrogens is 204 g/mol. The lowest BCUT2D eigenvalue weighted by molar-refractivity contribution is 0.145. The first-order chi connectivity index (χ1) is 6.07. The van der Waals surface area contributed by atoms with Gasteiger partial charge in [-0.05, 0) is 0 Å². The van der Waals surface area contributed by atoms with Crippen molar-refractivity contribution in [3.63, 3.8) is 0 Å². The van der Waals surface area contributed by atoms with Gasteiger partial charge in [0.2, 0.25) is 0 Å². The van der Waals surface area contributed by atoms with E-state index in [2.05, 4.69) is 4.98 Å². The third-order valence-electron chi connectivity index (χ3n) is 1.49. The highest BCUT2D eigenvalue weighted by Crippen LogP contribution is 2.32. The molecule has 1 heterocycles. The number of aromatic hydroxyl groups is 1. The van der Waals surface area contributed by atoms with E-state index in [-0.39, 0.29) is 5.56 Å². The van der Waals surface area contributed by atoms with Gasteiger partial charge in [-0.3, -0.25) is 0 Å². The van der Waals surface area contributed by atoms with Gasteiger partial charge < -0.3 is 10.2 Å². The Hall–Kier alpha value is -0.940. The molecule has 0 amide bonds. The standard InChI is InChI=1S/C7H6ClF2NO2/c8-5-3(2-12)4(13)1-11-6(5)7(9)10/h1,7,12-13H,2H2. The Morgan fingerprint density at radius 2 is 2.15 bits per heavy atom. The Kier molecular flexibility index (Phi) is 3.00. The molecule has 6 heteroatoms. The van der Waals surface area contributed by atoms with E-state index in [4.69, 9.17) is 21.8 Å². The molecule has 1 aromatic rings. The number of hydrogen-bond donors (Lipinski definition) is 2. The van der Waals surface area contributed by atoms with Crippen LogP contribution in [0.4, 0.5) is 8.78 Å². The van der Waals surface area contributed by atoms with Crippen LogP contribution in [-0.4, -0.2) is 15.2 Å². The number of hydrogen-bond acceptors (Lipinski definition) is 3. The Morgan fingerprint density at radius 3 is 2.62 bits per heavy atom. The van der Waals surface area contributed by atoms with Crippen molar-refractivity contribution in [3.8, 4) is 5.75 Å². The fourth-order valence-electron chi connectivity index (χ4n) is 0.835.